The van der Waals surface area contributed by atoms with Gasteiger partial charge in [-0.25, -0.2) is 9.69 Å². The van der Waals surface area contributed by atoms with Crippen LogP contribution in [-0.2, 0) is 39.3 Å². The van der Waals surface area contributed by atoms with Crippen LogP contribution < -0.4 is 4.74 Å². The first-order valence-corrected chi connectivity index (χ1v) is 12.3. The third-order valence-corrected chi connectivity index (χ3v) is 6.55. The molecule has 3 rings (SSSR count). The monoisotopic (exact) mass is 539 g/mol. The highest BCUT2D eigenvalue weighted by atomic mass is 19.4. The van der Waals surface area contributed by atoms with Gasteiger partial charge in [0.1, 0.15) is 5.75 Å². The van der Waals surface area contributed by atoms with Crippen molar-refractivity contribution < 1.29 is 50.1 Å². The van der Waals surface area contributed by atoms with Crippen LogP contribution in [0.4, 0.5) is 31.1 Å². The second-order valence-electron chi connectivity index (χ2n) is 9.73. The Morgan fingerprint density at radius 3 is 2.14 bits per heavy atom. The summed E-state index contributed by atoms with van der Waals surface area (Å²) in [6.07, 6.45) is -9.99. The van der Waals surface area contributed by atoms with Crippen LogP contribution in [0.25, 0.3) is 0 Å². The largest absolute Gasteiger partial charge is 0.493 e. The van der Waals surface area contributed by atoms with Crippen molar-refractivity contribution in [2.24, 2.45) is 0 Å². The molecule has 208 valence electrons. The van der Waals surface area contributed by atoms with E-state index >= 15 is 0 Å². The van der Waals surface area contributed by atoms with Crippen molar-refractivity contribution in [1.82, 2.24) is 4.90 Å². The van der Waals surface area contributed by atoms with Crippen molar-refractivity contribution in [3.63, 3.8) is 0 Å². The van der Waals surface area contributed by atoms with Crippen LogP contribution in [0.15, 0.2) is 6.07 Å². The van der Waals surface area contributed by atoms with E-state index in [1.165, 1.54) is 13.8 Å². The summed E-state index contributed by atoms with van der Waals surface area (Å²) in [5, 5.41) is 0. The predicted octanol–water partition coefficient (Wildman–Crippen LogP) is 6.36. The number of benzene rings is 1. The summed E-state index contributed by atoms with van der Waals surface area (Å²) in [6.45, 7) is 5.88. The number of nitrogens with zero attached hydrogens (tertiary/aromatic N) is 1. The standard InChI is InChI=1S/C25H31F6NO5/c1-5-9-15-13-18-17(14-36-23(18,24(26,27)28)25(29,30)31)16(10-6-2)19(15)35-12-8-7-11-32-20(33)22(3,4)37-21(32)34/h13H,5-12,14H2,1-4H3. The summed E-state index contributed by atoms with van der Waals surface area (Å²) in [4.78, 5) is 25.1. The number of imide groups is 1. The molecule has 2 aliphatic heterocycles. The van der Waals surface area contributed by atoms with Crippen LogP contribution >= 0.6 is 0 Å². The molecule has 2 heterocycles. The second-order valence-corrected chi connectivity index (χ2v) is 9.73. The zero-order chi connectivity index (χ0) is 27.8. The quantitative estimate of drug-likeness (QED) is 0.256. The molecule has 6 nitrogen and oxygen atoms in total. The number of carbonyl (C=O) groups excluding carboxylic acids is 2. The molecule has 0 N–H and O–H groups in total. The molecule has 0 unspecified atom stereocenters. The Labute approximate surface area is 211 Å². The first kappa shape index (κ1) is 29.1. The normalized spacial score (nSPS) is 18.8. The van der Waals surface area contributed by atoms with E-state index in [4.69, 9.17) is 9.47 Å². The van der Waals surface area contributed by atoms with E-state index in [1.54, 1.807) is 13.8 Å². The third kappa shape index (κ3) is 5.13. The summed E-state index contributed by atoms with van der Waals surface area (Å²) < 4.78 is 99.0. The fourth-order valence-electron chi connectivity index (χ4n) is 4.80. The van der Waals surface area contributed by atoms with Gasteiger partial charge in [-0.1, -0.05) is 26.7 Å². The second kappa shape index (κ2) is 10.3. The molecule has 37 heavy (non-hydrogen) atoms. The van der Waals surface area contributed by atoms with Crippen molar-refractivity contribution in [1.29, 1.82) is 0 Å². The SMILES string of the molecule is CCCc1cc2c(c(CCC)c1OCCCCN1C(=O)OC(C)(C)C1=O)COC2(C(F)(F)F)C(F)(F)F. The van der Waals surface area contributed by atoms with Crippen LogP contribution in [-0.4, -0.2) is 48.0 Å². The number of ether oxygens (including phenoxy) is 3. The number of carbonyl (C=O) groups is 2. The molecule has 1 fully saturated rings. The summed E-state index contributed by atoms with van der Waals surface area (Å²) in [5.41, 5.74) is -6.12. The molecule has 2 amide bonds. The molecule has 1 saturated heterocycles. The number of amides is 2. The lowest BCUT2D eigenvalue weighted by molar-refractivity contribution is -0.385. The summed E-state index contributed by atoms with van der Waals surface area (Å²) in [5.74, 6) is -0.172. The number of rotatable bonds is 10. The van der Waals surface area contributed by atoms with Gasteiger partial charge in [0.25, 0.3) is 11.5 Å². The van der Waals surface area contributed by atoms with E-state index < -0.39 is 47.7 Å². The Bertz CT molecular complexity index is 1020. The Morgan fingerprint density at radius 2 is 1.62 bits per heavy atom. The van der Waals surface area contributed by atoms with E-state index in [2.05, 4.69) is 4.74 Å². The van der Waals surface area contributed by atoms with E-state index in [1.807, 2.05) is 0 Å². The smallest absolute Gasteiger partial charge is 0.430 e. The van der Waals surface area contributed by atoms with Gasteiger partial charge in [0.05, 0.1) is 13.2 Å². The molecule has 0 spiro atoms. The number of alkyl halides is 6. The first-order valence-electron chi connectivity index (χ1n) is 12.3. The van der Waals surface area contributed by atoms with Gasteiger partial charge in [-0.15, -0.1) is 0 Å². The number of unbranched alkanes of at least 4 members (excludes halogenated alkanes) is 1. The third-order valence-electron chi connectivity index (χ3n) is 6.55. The van der Waals surface area contributed by atoms with E-state index in [0.29, 0.717) is 31.2 Å². The van der Waals surface area contributed by atoms with E-state index in [-0.39, 0.29) is 42.9 Å². The maximum atomic E-state index is 13.9. The molecule has 2 aliphatic rings. The van der Waals surface area contributed by atoms with Gasteiger partial charge in [-0.3, -0.25) is 4.79 Å². The maximum absolute atomic E-state index is 13.9. The van der Waals surface area contributed by atoms with Gasteiger partial charge < -0.3 is 14.2 Å². The number of fused-ring (bicyclic) bond motifs is 1. The Hall–Kier alpha value is -2.50. The van der Waals surface area contributed by atoms with Crippen molar-refractivity contribution in [2.45, 2.75) is 96.4 Å². The lowest BCUT2D eigenvalue weighted by Gasteiger charge is -2.34. The van der Waals surface area contributed by atoms with Crippen molar-refractivity contribution >= 4 is 12.0 Å². The lowest BCUT2D eigenvalue weighted by Crippen LogP contribution is -2.53. The van der Waals surface area contributed by atoms with E-state index in [0.717, 1.165) is 11.0 Å². The van der Waals surface area contributed by atoms with Crippen LogP contribution in [0, 0.1) is 0 Å². The van der Waals surface area contributed by atoms with Gasteiger partial charge in [-0.2, -0.15) is 26.3 Å². The lowest BCUT2D eigenvalue weighted by atomic mass is 9.84. The van der Waals surface area contributed by atoms with Crippen LogP contribution in [0.1, 0.15) is 75.6 Å². The molecule has 0 radical (unpaired) electrons. The molecule has 0 aliphatic carbocycles. The minimum absolute atomic E-state index is 0.0945. The highest BCUT2D eigenvalue weighted by Crippen LogP contribution is 2.58. The average molecular weight is 540 g/mol. The molecule has 0 saturated carbocycles. The molecular weight excluding hydrogens is 508 g/mol. The zero-order valence-corrected chi connectivity index (χ0v) is 21.2. The number of hydrogen-bond donors (Lipinski definition) is 0. The Balaban J connectivity index is 1.87. The van der Waals surface area contributed by atoms with Crippen molar-refractivity contribution in [3.8, 4) is 5.75 Å². The Kier molecular flexibility index (Phi) is 8.12. The van der Waals surface area contributed by atoms with Crippen molar-refractivity contribution in [3.05, 3.63) is 28.3 Å². The minimum Gasteiger partial charge on any atom is -0.493 e. The predicted molar refractivity (Wildman–Crippen MR) is 120 cm³/mol. The average Bonchev–Trinajstić information content (AvgIpc) is 3.25. The van der Waals surface area contributed by atoms with Crippen LogP contribution in [0.2, 0.25) is 0 Å². The van der Waals surface area contributed by atoms with Gasteiger partial charge >= 0.3 is 18.4 Å². The molecule has 0 aromatic heterocycles. The molecule has 1 aromatic carbocycles. The number of hydrogen-bond acceptors (Lipinski definition) is 5. The minimum atomic E-state index is -5.70. The number of halogens is 6. The van der Waals surface area contributed by atoms with Gasteiger partial charge in [0, 0.05) is 17.7 Å². The molecule has 12 heteroatoms. The highest BCUT2D eigenvalue weighted by molar-refractivity contribution is 6.02. The zero-order valence-electron chi connectivity index (χ0n) is 21.2. The van der Waals surface area contributed by atoms with Crippen molar-refractivity contribution in [2.75, 3.05) is 13.2 Å². The van der Waals surface area contributed by atoms with Gasteiger partial charge in [0.15, 0.2) is 5.60 Å². The number of cyclic esters (lactones) is 1. The molecule has 0 bridgehead atoms. The van der Waals surface area contributed by atoms with E-state index in [9.17, 15) is 35.9 Å². The Morgan fingerprint density at radius 1 is 1.00 bits per heavy atom. The van der Waals surface area contributed by atoms with Crippen LogP contribution in [0.3, 0.4) is 0 Å². The molecular formula is C25H31F6NO5. The summed E-state index contributed by atoms with van der Waals surface area (Å²) in [6, 6.07) is 0.933. The molecule has 1 aromatic rings. The highest BCUT2D eigenvalue weighted by Gasteiger charge is 2.75. The van der Waals surface area contributed by atoms with Gasteiger partial charge in [0.2, 0.25) is 0 Å². The van der Waals surface area contributed by atoms with Gasteiger partial charge in [-0.05, 0) is 56.7 Å². The molecule has 0 atom stereocenters. The number of aryl methyl sites for hydroxylation is 1. The van der Waals surface area contributed by atoms with Crippen LogP contribution in [0.5, 0.6) is 5.75 Å². The topological polar surface area (TPSA) is 65.1 Å². The fraction of sp³-hybridized carbons (Fsp3) is 0.680. The first-order chi connectivity index (χ1) is 17.1. The fourth-order valence-corrected chi connectivity index (χ4v) is 4.80. The summed E-state index contributed by atoms with van der Waals surface area (Å²) in [7, 11) is 0. The summed E-state index contributed by atoms with van der Waals surface area (Å²) >= 11 is 0. The maximum Gasteiger partial charge on any atom is 0.430 e.